The van der Waals surface area contributed by atoms with Gasteiger partial charge in [-0.2, -0.15) is 0 Å². The highest BCUT2D eigenvalue weighted by Crippen LogP contribution is 2.37. The Kier molecular flexibility index (Phi) is 6.10. The maximum absolute atomic E-state index is 13.8. The van der Waals surface area contributed by atoms with Gasteiger partial charge in [-0.15, -0.1) is 0 Å². The summed E-state index contributed by atoms with van der Waals surface area (Å²) in [5.74, 6) is -1.03. The molecule has 0 bridgehead atoms. The van der Waals surface area contributed by atoms with Crippen molar-refractivity contribution in [1.29, 1.82) is 0 Å². The number of fused-ring (bicyclic) bond motifs is 1. The number of benzene rings is 2. The van der Waals surface area contributed by atoms with E-state index >= 15 is 0 Å². The molecule has 0 saturated heterocycles. The Labute approximate surface area is 161 Å². The first-order chi connectivity index (χ1) is 13.5. The van der Waals surface area contributed by atoms with Gasteiger partial charge in [0.2, 0.25) is 0 Å². The van der Waals surface area contributed by atoms with Crippen LogP contribution in [0.4, 0.5) is 9.18 Å². The SMILES string of the molecule is COC(=O)NCCOC(c1cccc(F)c1)c1cc(C(=O)O)cc2c1CCO2. The Bertz CT molecular complexity index is 885. The summed E-state index contributed by atoms with van der Waals surface area (Å²) in [5.41, 5.74) is 2.04. The summed E-state index contributed by atoms with van der Waals surface area (Å²) in [6, 6.07) is 8.94. The van der Waals surface area contributed by atoms with Crippen molar-refractivity contribution in [2.75, 3.05) is 26.9 Å². The Balaban J connectivity index is 1.95. The van der Waals surface area contributed by atoms with E-state index in [0.717, 1.165) is 5.56 Å². The first-order valence-corrected chi connectivity index (χ1v) is 8.71. The third-order valence-electron chi connectivity index (χ3n) is 4.38. The van der Waals surface area contributed by atoms with E-state index < -0.39 is 24.0 Å². The second kappa shape index (κ2) is 8.71. The Morgan fingerprint density at radius 2 is 2.14 bits per heavy atom. The molecule has 2 N–H and O–H groups in total. The molecule has 2 aromatic rings. The van der Waals surface area contributed by atoms with E-state index in [2.05, 4.69) is 10.1 Å². The van der Waals surface area contributed by atoms with Gasteiger partial charge in [0.15, 0.2) is 0 Å². The van der Waals surface area contributed by atoms with Crippen molar-refractivity contribution >= 4 is 12.1 Å². The quantitative estimate of drug-likeness (QED) is 0.707. The lowest BCUT2D eigenvalue weighted by Crippen LogP contribution is -2.27. The van der Waals surface area contributed by atoms with Gasteiger partial charge in [0.25, 0.3) is 0 Å². The number of carbonyl (C=O) groups is 2. The van der Waals surface area contributed by atoms with Gasteiger partial charge in [0.1, 0.15) is 17.7 Å². The third-order valence-corrected chi connectivity index (χ3v) is 4.38. The van der Waals surface area contributed by atoms with Gasteiger partial charge < -0.3 is 24.6 Å². The van der Waals surface area contributed by atoms with Gasteiger partial charge in [-0.3, -0.25) is 0 Å². The van der Waals surface area contributed by atoms with Crippen LogP contribution in [0.2, 0.25) is 0 Å². The molecule has 0 fully saturated rings. The zero-order valence-electron chi connectivity index (χ0n) is 15.2. The number of alkyl carbamates (subject to hydrolysis) is 1. The molecule has 8 heteroatoms. The molecular formula is C20H20FNO6. The predicted octanol–water partition coefficient (Wildman–Crippen LogP) is 2.92. The number of carboxylic acids is 1. The van der Waals surface area contributed by atoms with Crippen molar-refractivity contribution in [3.8, 4) is 5.75 Å². The van der Waals surface area contributed by atoms with Crippen LogP contribution < -0.4 is 10.1 Å². The van der Waals surface area contributed by atoms with Crippen LogP contribution in [0.3, 0.4) is 0 Å². The average Bonchev–Trinajstić information content (AvgIpc) is 3.16. The maximum Gasteiger partial charge on any atom is 0.406 e. The predicted molar refractivity (Wildman–Crippen MR) is 97.2 cm³/mol. The number of carbonyl (C=O) groups excluding carboxylic acids is 1. The summed E-state index contributed by atoms with van der Waals surface area (Å²) in [7, 11) is 1.26. The highest BCUT2D eigenvalue weighted by molar-refractivity contribution is 5.89. The molecule has 0 aliphatic carbocycles. The van der Waals surface area contributed by atoms with Crippen LogP contribution in [0.5, 0.6) is 5.75 Å². The lowest BCUT2D eigenvalue weighted by molar-refractivity contribution is 0.0692. The minimum atomic E-state index is -1.09. The topological polar surface area (TPSA) is 94.1 Å². The molecule has 1 atom stereocenters. The summed E-state index contributed by atoms with van der Waals surface area (Å²) in [4.78, 5) is 22.7. The molecule has 1 aliphatic rings. The summed E-state index contributed by atoms with van der Waals surface area (Å²) >= 11 is 0. The minimum absolute atomic E-state index is 0.0633. The largest absolute Gasteiger partial charge is 0.493 e. The average molecular weight is 389 g/mol. The van der Waals surface area contributed by atoms with Crippen LogP contribution in [0.25, 0.3) is 0 Å². The van der Waals surface area contributed by atoms with Crippen molar-refractivity contribution in [2.45, 2.75) is 12.5 Å². The molecule has 1 aliphatic heterocycles. The fourth-order valence-electron chi connectivity index (χ4n) is 3.12. The minimum Gasteiger partial charge on any atom is -0.493 e. The first-order valence-electron chi connectivity index (χ1n) is 8.71. The molecule has 7 nitrogen and oxygen atoms in total. The van der Waals surface area contributed by atoms with Gasteiger partial charge in [0.05, 0.1) is 25.9 Å². The van der Waals surface area contributed by atoms with Crippen LogP contribution in [0.15, 0.2) is 36.4 Å². The van der Waals surface area contributed by atoms with Gasteiger partial charge >= 0.3 is 12.1 Å². The number of rotatable bonds is 7. The summed E-state index contributed by atoms with van der Waals surface area (Å²) in [6.45, 7) is 0.726. The molecule has 28 heavy (non-hydrogen) atoms. The molecule has 0 saturated carbocycles. The van der Waals surface area contributed by atoms with E-state index in [0.29, 0.717) is 29.9 Å². The molecule has 0 radical (unpaired) electrons. The fraction of sp³-hybridized carbons (Fsp3) is 0.300. The standard InChI is InChI=1S/C20H20FNO6/c1-26-20(25)22-6-8-28-18(12-3-2-4-14(21)9-12)16-10-13(19(23)24)11-17-15(16)5-7-27-17/h2-4,9-11,18H,5-8H2,1H3,(H,22,25)(H,23,24). The number of ether oxygens (including phenoxy) is 3. The fourth-order valence-corrected chi connectivity index (χ4v) is 3.12. The second-order valence-electron chi connectivity index (χ2n) is 6.17. The smallest absolute Gasteiger partial charge is 0.406 e. The molecule has 0 aromatic heterocycles. The Morgan fingerprint density at radius 1 is 1.32 bits per heavy atom. The summed E-state index contributed by atoms with van der Waals surface area (Å²) in [6.07, 6.45) is -0.710. The monoisotopic (exact) mass is 389 g/mol. The van der Waals surface area contributed by atoms with Gasteiger partial charge in [0, 0.05) is 18.5 Å². The molecule has 1 heterocycles. The van der Waals surface area contributed by atoms with Crippen molar-refractivity contribution in [3.63, 3.8) is 0 Å². The molecular weight excluding hydrogens is 369 g/mol. The molecule has 2 aromatic carbocycles. The van der Waals surface area contributed by atoms with Crippen molar-refractivity contribution < 1.29 is 33.3 Å². The Morgan fingerprint density at radius 3 is 2.86 bits per heavy atom. The van der Waals surface area contributed by atoms with Crippen molar-refractivity contribution in [1.82, 2.24) is 5.32 Å². The molecule has 1 amide bonds. The maximum atomic E-state index is 13.8. The number of hydrogen-bond acceptors (Lipinski definition) is 5. The van der Waals surface area contributed by atoms with Crippen molar-refractivity contribution in [2.24, 2.45) is 0 Å². The lowest BCUT2D eigenvalue weighted by atomic mass is 9.93. The van der Waals surface area contributed by atoms with E-state index in [1.165, 1.54) is 31.4 Å². The number of hydrogen-bond donors (Lipinski definition) is 2. The molecule has 3 rings (SSSR count). The number of amides is 1. The van der Waals surface area contributed by atoms with E-state index in [9.17, 15) is 19.1 Å². The normalized spacial score (nSPS) is 13.4. The number of methoxy groups -OCH3 is 1. The molecule has 148 valence electrons. The summed E-state index contributed by atoms with van der Waals surface area (Å²) in [5, 5.41) is 11.9. The molecule has 0 spiro atoms. The van der Waals surface area contributed by atoms with E-state index in [1.807, 2.05) is 0 Å². The summed E-state index contributed by atoms with van der Waals surface area (Å²) < 4.78 is 29.8. The number of nitrogens with one attached hydrogen (secondary N) is 1. The highest BCUT2D eigenvalue weighted by Gasteiger charge is 2.26. The van der Waals surface area contributed by atoms with E-state index in [-0.39, 0.29) is 18.7 Å². The van der Waals surface area contributed by atoms with E-state index in [4.69, 9.17) is 9.47 Å². The van der Waals surface area contributed by atoms with Gasteiger partial charge in [-0.05, 0) is 35.4 Å². The van der Waals surface area contributed by atoms with Crippen molar-refractivity contribution in [3.05, 3.63) is 64.5 Å². The number of aromatic carboxylic acids is 1. The zero-order valence-corrected chi connectivity index (χ0v) is 15.2. The molecule has 1 unspecified atom stereocenters. The highest BCUT2D eigenvalue weighted by atomic mass is 19.1. The third kappa shape index (κ3) is 4.40. The Hall–Kier alpha value is -3.13. The zero-order chi connectivity index (χ0) is 20.1. The van der Waals surface area contributed by atoms with Gasteiger partial charge in [-0.1, -0.05) is 12.1 Å². The van der Waals surface area contributed by atoms with E-state index in [1.54, 1.807) is 12.1 Å². The number of carboxylic acid groups (broad SMARTS) is 1. The number of halogens is 1. The first kappa shape index (κ1) is 19.6. The van der Waals surface area contributed by atoms with Crippen LogP contribution >= 0.6 is 0 Å². The van der Waals surface area contributed by atoms with Gasteiger partial charge in [-0.25, -0.2) is 14.0 Å². The van der Waals surface area contributed by atoms with Crippen LogP contribution in [0.1, 0.15) is 33.2 Å². The lowest BCUT2D eigenvalue weighted by Gasteiger charge is -2.22. The van der Waals surface area contributed by atoms with Crippen LogP contribution in [0, 0.1) is 5.82 Å². The van der Waals surface area contributed by atoms with Crippen LogP contribution in [-0.2, 0) is 15.9 Å². The van der Waals surface area contributed by atoms with Crippen LogP contribution in [-0.4, -0.2) is 44.0 Å². The second-order valence-corrected chi connectivity index (χ2v) is 6.17.